The SMILES string of the molecule is Cc1ccccc1-n1c(=O)c2ccccc2n2c(=S)n(CN3CCC(c4nncn4C)CC3)nc12. The maximum atomic E-state index is 13.6. The van der Waals surface area contributed by atoms with Gasteiger partial charge in [0.15, 0.2) is 0 Å². The standard InChI is InChI=1S/C25H26N8OS/c1-17-7-3-5-9-20(17)32-23(34)19-8-4-6-10-21(19)33-24(32)28-31(25(33)35)16-30-13-11-18(12-14-30)22-27-26-15-29(22)2/h3-10,15,18H,11-14,16H2,1-2H3. The van der Waals surface area contributed by atoms with Crippen molar-refractivity contribution in [2.75, 3.05) is 13.1 Å². The third-order valence-corrected chi connectivity index (χ3v) is 7.38. The van der Waals surface area contributed by atoms with Gasteiger partial charge < -0.3 is 4.57 Å². The number of rotatable bonds is 4. The largest absolute Gasteiger partial charge is 0.320 e. The summed E-state index contributed by atoms with van der Waals surface area (Å²) >= 11 is 5.91. The van der Waals surface area contributed by atoms with Gasteiger partial charge in [0.25, 0.3) is 5.56 Å². The number of para-hydroxylation sites is 2. The molecule has 2 aromatic carbocycles. The summed E-state index contributed by atoms with van der Waals surface area (Å²) in [5.41, 5.74) is 2.48. The first-order valence-corrected chi connectivity index (χ1v) is 12.2. The normalized spacial score (nSPS) is 15.4. The summed E-state index contributed by atoms with van der Waals surface area (Å²) in [4.78, 5) is 16.0. The van der Waals surface area contributed by atoms with Crippen LogP contribution in [0.4, 0.5) is 0 Å². The molecule has 9 nitrogen and oxygen atoms in total. The van der Waals surface area contributed by atoms with Crippen LogP contribution in [0, 0.1) is 11.7 Å². The van der Waals surface area contributed by atoms with Gasteiger partial charge in [-0.2, -0.15) is 0 Å². The number of aryl methyl sites for hydroxylation is 2. The predicted octanol–water partition coefficient (Wildman–Crippen LogP) is 3.44. The maximum Gasteiger partial charge on any atom is 0.267 e. The number of nitrogens with zero attached hydrogens (tertiary/aromatic N) is 8. The van der Waals surface area contributed by atoms with E-state index < -0.39 is 0 Å². The molecule has 0 saturated carbocycles. The number of piperidine rings is 1. The minimum atomic E-state index is -0.0981. The van der Waals surface area contributed by atoms with Gasteiger partial charge in [-0.05, 0) is 55.7 Å². The van der Waals surface area contributed by atoms with Crippen molar-refractivity contribution in [1.82, 2.24) is 38.4 Å². The molecule has 0 aliphatic carbocycles. The van der Waals surface area contributed by atoms with Crippen molar-refractivity contribution in [2.45, 2.75) is 32.4 Å². The molecule has 35 heavy (non-hydrogen) atoms. The van der Waals surface area contributed by atoms with Crippen LogP contribution in [0.3, 0.4) is 0 Å². The van der Waals surface area contributed by atoms with Crippen LogP contribution in [0.15, 0.2) is 59.7 Å². The van der Waals surface area contributed by atoms with Crippen LogP contribution in [-0.4, -0.2) is 51.5 Å². The molecule has 178 valence electrons. The summed E-state index contributed by atoms with van der Waals surface area (Å²) in [6, 6.07) is 15.4. The molecule has 1 aliphatic heterocycles. The average molecular weight is 487 g/mol. The van der Waals surface area contributed by atoms with Gasteiger partial charge in [-0.25, -0.2) is 9.25 Å². The maximum absolute atomic E-state index is 13.6. The number of fused-ring (bicyclic) bond motifs is 3. The van der Waals surface area contributed by atoms with Crippen molar-refractivity contribution >= 4 is 28.9 Å². The van der Waals surface area contributed by atoms with Crippen LogP contribution < -0.4 is 5.56 Å². The van der Waals surface area contributed by atoms with Crippen LogP contribution in [0.5, 0.6) is 0 Å². The fraction of sp³-hybridized carbons (Fsp3) is 0.320. The van der Waals surface area contributed by atoms with Gasteiger partial charge in [-0.3, -0.25) is 14.1 Å². The summed E-state index contributed by atoms with van der Waals surface area (Å²) in [6.07, 6.45) is 3.77. The first kappa shape index (κ1) is 21.9. The Kier molecular flexibility index (Phi) is 5.34. The molecule has 6 rings (SSSR count). The Balaban J connectivity index is 1.42. The minimum Gasteiger partial charge on any atom is -0.320 e. The number of hydrogen-bond acceptors (Lipinski definition) is 6. The predicted molar refractivity (Wildman–Crippen MR) is 136 cm³/mol. The number of hydrogen-bond donors (Lipinski definition) is 0. The third kappa shape index (κ3) is 3.60. The molecular weight excluding hydrogens is 460 g/mol. The van der Waals surface area contributed by atoms with E-state index in [1.165, 1.54) is 0 Å². The Morgan fingerprint density at radius 1 is 1.06 bits per heavy atom. The van der Waals surface area contributed by atoms with E-state index in [1.54, 1.807) is 10.9 Å². The second-order valence-electron chi connectivity index (χ2n) is 9.20. The molecule has 10 heteroatoms. The van der Waals surface area contributed by atoms with Crippen LogP contribution in [0.2, 0.25) is 0 Å². The van der Waals surface area contributed by atoms with E-state index in [1.807, 2.05) is 76.2 Å². The molecular formula is C25H26N8OS. The van der Waals surface area contributed by atoms with E-state index >= 15 is 0 Å². The van der Waals surface area contributed by atoms with Gasteiger partial charge >= 0.3 is 0 Å². The van der Waals surface area contributed by atoms with Crippen molar-refractivity contribution in [3.05, 3.63) is 81.4 Å². The summed E-state index contributed by atoms with van der Waals surface area (Å²) in [7, 11) is 2.00. The van der Waals surface area contributed by atoms with Crippen LogP contribution in [0.25, 0.3) is 22.4 Å². The lowest BCUT2D eigenvalue weighted by Gasteiger charge is -2.30. The lowest BCUT2D eigenvalue weighted by molar-refractivity contribution is 0.158. The molecule has 0 unspecified atom stereocenters. The quantitative estimate of drug-likeness (QED) is 0.362. The van der Waals surface area contributed by atoms with Gasteiger partial charge in [-0.15, -0.1) is 15.3 Å². The van der Waals surface area contributed by atoms with Crippen LogP contribution in [0.1, 0.15) is 30.1 Å². The van der Waals surface area contributed by atoms with Crippen molar-refractivity contribution in [3.8, 4) is 5.69 Å². The van der Waals surface area contributed by atoms with E-state index in [0.29, 0.717) is 28.5 Å². The zero-order valence-corrected chi connectivity index (χ0v) is 20.5. The molecule has 0 bridgehead atoms. The van der Waals surface area contributed by atoms with Crippen molar-refractivity contribution in [1.29, 1.82) is 0 Å². The van der Waals surface area contributed by atoms with Gasteiger partial charge in [0.1, 0.15) is 12.2 Å². The topological polar surface area (TPSA) is 78.2 Å². The third-order valence-electron chi connectivity index (χ3n) is 6.99. The Hall–Kier alpha value is -3.63. The first-order valence-electron chi connectivity index (χ1n) is 11.8. The van der Waals surface area contributed by atoms with Gasteiger partial charge in [0, 0.05) is 26.1 Å². The first-order chi connectivity index (χ1) is 17.0. The van der Waals surface area contributed by atoms with Crippen LogP contribution in [-0.2, 0) is 13.7 Å². The molecule has 1 fully saturated rings. The highest BCUT2D eigenvalue weighted by atomic mass is 32.1. The Bertz CT molecular complexity index is 1670. The number of aromatic nitrogens is 7. The highest BCUT2D eigenvalue weighted by Gasteiger charge is 2.25. The Morgan fingerprint density at radius 3 is 2.54 bits per heavy atom. The number of likely N-dealkylation sites (tertiary alicyclic amines) is 1. The van der Waals surface area contributed by atoms with E-state index in [4.69, 9.17) is 17.3 Å². The van der Waals surface area contributed by atoms with Crippen molar-refractivity contribution < 1.29 is 0 Å². The zero-order chi connectivity index (χ0) is 24.1. The summed E-state index contributed by atoms with van der Waals surface area (Å²) in [6.45, 7) is 4.40. The van der Waals surface area contributed by atoms with E-state index in [0.717, 1.165) is 48.5 Å². The molecule has 0 radical (unpaired) electrons. The molecule has 0 atom stereocenters. The molecule has 0 N–H and O–H groups in total. The number of benzene rings is 2. The van der Waals surface area contributed by atoms with Gasteiger partial charge in [-0.1, -0.05) is 30.3 Å². The summed E-state index contributed by atoms with van der Waals surface area (Å²) < 4.78 is 8.03. The molecule has 1 aliphatic rings. The highest BCUT2D eigenvalue weighted by molar-refractivity contribution is 7.71. The highest BCUT2D eigenvalue weighted by Crippen LogP contribution is 2.26. The van der Waals surface area contributed by atoms with E-state index in [2.05, 4.69) is 15.1 Å². The molecule has 0 amide bonds. The molecule has 4 heterocycles. The summed E-state index contributed by atoms with van der Waals surface area (Å²) in [5.74, 6) is 1.98. The second-order valence-corrected chi connectivity index (χ2v) is 9.56. The molecule has 5 aromatic rings. The monoisotopic (exact) mass is 486 g/mol. The zero-order valence-electron chi connectivity index (χ0n) is 19.7. The molecule has 1 saturated heterocycles. The smallest absolute Gasteiger partial charge is 0.267 e. The second kappa shape index (κ2) is 8.54. The Morgan fingerprint density at radius 2 is 1.80 bits per heavy atom. The van der Waals surface area contributed by atoms with Gasteiger partial charge in [0.05, 0.1) is 23.3 Å². The summed E-state index contributed by atoms with van der Waals surface area (Å²) in [5, 5.41) is 13.8. The van der Waals surface area contributed by atoms with Crippen molar-refractivity contribution in [2.24, 2.45) is 7.05 Å². The molecule has 3 aromatic heterocycles. The fourth-order valence-electron chi connectivity index (χ4n) is 5.12. The minimum absolute atomic E-state index is 0.0981. The Labute approximate surface area is 206 Å². The average Bonchev–Trinajstić information content (AvgIpc) is 3.44. The lowest BCUT2D eigenvalue weighted by atomic mass is 9.96. The van der Waals surface area contributed by atoms with Crippen LogP contribution >= 0.6 is 12.2 Å². The van der Waals surface area contributed by atoms with Gasteiger partial charge in [0.2, 0.25) is 10.5 Å². The lowest BCUT2D eigenvalue weighted by Crippen LogP contribution is -2.35. The molecule has 0 spiro atoms. The van der Waals surface area contributed by atoms with E-state index in [9.17, 15) is 4.79 Å². The fourth-order valence-corrected chi connectivity index (χ4v) is 5.40. The van der Waals surface area contributed by atoms with Crippen molar-refractivity contribution in [3.63, 3.8) is 0 Å². The van der Waals surface area contributed by atoms with E-state index in [-0.39, 0.29) is 5.56 Å².